The number of nitrogens with one attached hydrogen (secondary N) is 1. The van der Waals surface area contributed by atoms with Crippen LogP contribution < -0.4 is 5.73 Å². The van der Waals surface area contributed by atoms with Crippen molar-refractivity contribution < 1.29 is 33.5 Å². The molecule has 0 aliphatic carbocycles. The molecule has 0 unspecified atom stereocenters. The number of benzene rings is 1. The highest BCUT2D eigenvalue weighted by Crippen LogP contribution is 2.59. The zero-order valence-electron chi connectivity index (χ0n) is 11.7. The van der Waals surface area contributed by atoms with Crippen LogP contribution in [0.25, 0.3) is 0 Å². The fourth-order valence-electron chi connectivity index (χ4n) is 1.70. The maximum Gasteiger partial charge on any atom is 0.342 e. The van der Waals surface area contributed by atoms with Crippen LogP contribution in [0.5, 0.6) is 0 Å². The molecule has 0 spiro atoms. The Kier molecular flexibility index (Phi) is 6.60. The minimum Gasteiger partial charge on any atom is -0.370 e. The second-order valence-corrected chi connectivity index (χ2v) is 9.50. The molecule has 0 saturated heterocycles. The van der Waals surface area contributed by atoms with Crippen LogP contribution >= 0.6 is 38.4 Å². The lowest BCUT2D eigenvalue weighted by Crippen LogP contribution is -2.45. The molecule has 1 rings (SSSR count). The number of hydrogen-bond donors (Lipinski definition) is 6. The number of guanidine groups is 1. The number of nitrogens with zero attached hydrogens (tertiary/aromatic N) is 1. The SMILES string of the molecule is N=C(N)N(CC(P(=O)(O)O)P(=O)(O)O)C(=O)c1cc(Cl)cc(Cl)c1. The molecule has 0 aromatic heterocycles. The molecule has 24 heavy (non-hydrogen) atoms. The van der Waals surface area contributed by atoms with E-state index in [2.05, 4.69) is 0 Å². The first-order chi connectivity index (χ1) is 10.7. The number of rotatable bonds is 5. The van der Waals surface area contributed by atoms with E-state index in [4.69, 9.17) is 53.9 Å². The lowest BCUT2D eigenvalue weighted by atomic mass is 10.2. The minimum absolute atomic E-state index is 0.0656. The molecule has 0 radical (unpaired) electrons. The zero-order valence-corrected chi connectivity index (χ0v) is 15.0. The second kappa shape index (κ2) is 7.51. The third-order valence-corrected chi connectivity index (χ3v) is 6.89. The van der Waals surface area contributed by atoms with Crippen LogP contribution in [-0.2, 0) is 9.13 Å². The largest absolute Gasteiger partial charge is 0.370 e. The van der Waals surface area contributed by atoms with Gasteiger partial charge in [-0.3, -0.25) is 24.2 Å². The fraction of sp³-hybridized carbons (Fsp3) is 0.200. The number of amides is 1. The summed E-state index contributed by atoms with van der Waals surface area (Å²) in [6, 6.07) is 3.61. The Morgan fingerprint density at radius 3 is 1.88 bits per heavy atom. The predicted molar refractivity (Wildman–Crippen MR) is 87.3 cm³/mol. The fourth-order valence-corrected chi connectivity index (χ4v) is 4.54. The Labute approximate surface area is 146 Å². The molecule has 0 fully saturated rings. The van der Waals surface area contributed by atoms with Gasteiger partial charge in [0.25, 0.3) is 5.91 Å². The van der Waals surface area contributed by atoms with Gasteiger partial charge in [-0.2, -0.15) is 0 Å². The van der Waals surface area contributed by atoms with Gasteiger partial charge >= 0.3 is 15.2 Å². The van der Waals surface area contributed by atoms with Crippen molar-refractivity contribution in [2.24, 2.45) is 5.73 Å². The highest BCUT2D eigenvalue weighted by molar-refractivity contribution is 7.70. The Bertz CT molecular complexity index is 721. The summed E-state index contributed by atoms with van der Waals surface area (Å²) < 4.78 is 22.6. The molecule has 7 N–H and O–H groups in total. The number of hydrogen-bond acceptors (Lipinski definition) is 4. The predicted octanol–water partition coefficient (Wildman–Crippen LogP) is 1.01. The standard InChI is InChI=1S/C10H13Cl2N3O7P2/c11-6-1-5(2-7(12)3-6)9(16)15(10(13)14)4-8(23(17,18)19)24(20,21)22/h1-3,8H,4H2,(H3,13,14)(H2,17,18,19)(H2,20,21,22). The van der Waals surface area contributed by atoms with Gasteiger partial charge in [-0.1, -0.05) is 23.2 Å². The zero-order chi connectivity index (χ0) is 18.9. The summed E-state index contributed by atoms with van der Waals surface area (Å²) >= 11 is 11.5. The van der Waals surface area contributed by atoms with Crippen molar-refractivity contribution in [3.63, 3.8) is 0 Å². The monoisotopic (exact) mass is 419 g/mol. The molecule has 14 heteroatoms. The topological polar surface area (TPSA) is 185 Å². The molecule has 0 aliphatic heterocycles. The highest BCUT2D eigenvalue weighted by Gasteiger charge is 2.45. The first-order valence-electron chi connectivity index (χ1n) is 5.96. The molecule has 0 heterocycles. The van der Waals surface area contributed by atoms with Crippen LogP contribution in [0.3, 0.4) is 0 Å². The van der Waals surface area contributed by atoms with E-state index in [0.717, 1.165) is 12.1 Å². The van der Waals surface area contributed by atoms with Gasteiger partial charge in [0.05, 0.1) is 6.54 Å². The lowest BCUT2D eigenvalue weighted by Gasteiger charge is -2.27. The van der Waals surface area contributed by atoms with Gasteiger partial charge < -0.3 is 25.3 Å². The van der Waals surface area contributed by atoms with Crippen LogP contribution in [0.4, 0.5) is 0 Å². The van der Waals surface area contributed by atoms with E-state index >= 15 is 0 Å². The number of halogens is 2. The smallest absolute Gasteiger partial charge is 0.342 e. The summed E-state index contributed by atoms with van der Waals surface area (Å²) in [5.41, 5.74) is 5.02. The van der Waals surface area contributed by atoms with E-state index in [0.29, 0.717) is 4.90 Å². The quantitative estimate of drug-likeness (QED) is 0.231. The molecule has 0 bridgehead atoms. The Hall–Kier alpha value is -0.960. The van der Waals surface area contributed by atoms with Gasteiger partial charge in [0.1, 0.15) is 0 Å². The van der Waals surface area contributed by atoms with E-state index in [1.54, 1.807) is 0 Å². The van der Waals surface area contributed by atoms with Crippen molar-refractivity contribution in [3.05, 3.63) is 33.8 Å². The third kappa shape index (κ3) is 5.54. The van der Waals surface area contributed by atoms with Gasteiger partial charge in [0, 0.05) is 15.6 Å². The average molecular weight is 420 g/mol. The number of carbonyl (C=O) groups excluding carboxylic acids is 1. The van der Waals surface area contributed by atoms with Crippen LogP contribution in [0, 0.1) is 5.41 Å². The molecule has 1 aromatic carbocycles. The van der Waals surface area contributed by atoms with Crippen molar-refractivity contribution in [3.8, 4) is 0 Å². The van der Waals surface area contributed by atoms with E-state index in [1.807, 2.05) is 0 Å². The maximum atomic E-state index is 12.4. The van der Waals surface area contributed by atoms with Crippen LogP contribution in [0.1, 0.15) is 10.4 Å². The van der Waals surface area contributed by atoms with E-state index in [9.17, 15) is 13.9 Å². The molecule has 1 aromatic rings. The van der Waals surface area contributed by atoms with Crippen molar-refractivity contribution in [1.82, 2.24) is 4.90 Å². The summed E-state index contributed by atoms with van der Waals surface area (Å²) in [7, 11) is -10.6. The van der Waals surface area contributed by atoms with Crippen molar-refractivity contribution in [1.29, 1.82) is 5.41 Å². The van der Waals surface area contributed by atoms with Crippen molar-refractivity contribution in [2.45, 2.75) is 5.40 Å². The van der Waals surface area contributed by atoms with Gasteiger partial charge in [-0.25, -0.2) is 0 Å². The molecular weight excluding hydrogens is 407 g/mol. The summed E-state index contributed by atoms with van der Waals surface area (Å²) in [4.78, 5) is 49.1. The molecular formula is C10H13Cl2N3O7P2. The van der Waals surface area contributed by atoms with Crippen LogP contribution in [0.2, 0.25) is 10.0 Å². The van der Waals surface area contributed by atoms with E-state index < -0.39 is 39.0 Å². The first-order valence-corrected chi connectivity index (χ1v) is 10.1. The van der Waals surface area contributed by atoms with Gasteiger partial charge in [-0.05, 0) is 18.2 Å². The molecule has 1 amide bonds. The summed E-state index contributed by atoms with van der Waals surface area (Å²) in [6.45, 7) is -1.17. The minimum atomic E-state index is -5.30. The average Bonchev–Trinajstić information content (AvgIpc) is 2.33. The highest BCUT2D eigenvalue weighted by atomic mass is 35.5. The van der Waals surface area contributed by atoms with E-state index in [1.165, 1.54) is 6.07 Å². The van der Waals surface area contributed by atoms with Crippen molar-refractivity contribution in [2.75, 3.05) is 6.54 Å². The molecule has 10 nitrogen and oxygen atoms in total. The lowest BCUT2D eigenvalue weighted by molar-refractivity contribution is 0.0847. The molecule has 0 aliphatic rings. The molecule has 134 valence electrons. The van der Waals surface area contributed by atoms with Gasteiger partial charge in [0.15, 0.2) is 11.4 Å². The number of carbonyl (C=O) groups is 1. The molecule has 0 saturated carbocycles. The Balaban J connectivity index is 3.28. The Morgan fingerprint density at radius 2 is 1.54 bits per heavy atom. The second-order valence-electron chi connectivity index (χ2n) is 4.62. The third-order valence-electron chi connectivity index (χ3n) is 2.77. The van der Waals surface area contributed by atoms with E-state index in [-0.39, 0.29) is 15.6 Å². The summed E-state index contributed by atoms with van der Waals surface area (Å²) in [6.07, 6.45) is 0. The summed E-state index contributed by atoms with van der Waals surface area (Å²) in [5, 5.41) is 4.95. The Morgan fingerprint density at radius 1 is 1.12 bits per heavy atom. The maximum absolute atomic E-state index is 12.4. The first kappa shape index (κ1) is 21.1. The van der Waals surface area contributed by atoms with Crippen LogP contribution in [0.15, 0.2) is 18.2 Å². The van der Waals surface area contributed by atoms with Gasteiger partial charge in [0.2, 0.25) is 0 Å². The molecule has 0 atom stereocenters. The van der Waals surface area contributed by atoms with Crippen molar-refractivity contribution >= 4 is 50.3 Å². The normalized spacial score (nSPS) is 12.3. The van der Waals surface area contributed by atoms with Gasteiger partial charge in [-0.15, -0.1) is 0 Å². The summed E-state index contributed by atoms with van der Waals surface area (Å²) in [5.74, 6) is -2.03. The number of nitrogens with two attached hydrogens (primary N) is 1. The van der Waals surface area contributed by atoms with Crippen LogP contribution in [-0.4, -0.2) is 48.3 Å².